The van der Waals surface area contributed by atoms with Crippen molar-refractivity contribution in [2.24, 2.45) is 0 Å². The predicted octanol–water partition coefficient (Wildman–Crippen LogP) is 3.58. The van der Waals surface area contributed by atoms with E-state index in [1.54, 1.807) is 12.1 Å². The summed E-state index contributed by atoms with van der Waals surface area (Å²) in [7, 11) is 0. The molecule has 0 fully saturated rings. The number of rotatable bonds is 3. The molecule has 148 valence electrons. The number of aromatic nitrogens is 3. The summed E-state index contributed by atoms with van der Waals surface area (Å²) in [6.07, 6.45) is -2.04. The highest BCUT2D eigenvalue weighted by Crippen LogP contribution is 2.34. The van der Waals surface area contributed by atoms with Crippen LogP contribution in [0.2, 0.25) is 0 Å². The van der Waals surface area contributed by atoms with Gasteiger partial charge >= 0.3 is 6.18 Å². The number of anilines is 2. The smallest absolute Gasteiger partial charge is 0.324 e. The largest absolute Gasteiger partial charge is 0.416 e. The summed E-state index contributed by atoms with van der Waals surface area (Å²) in [6, 6.07) is 7.65. The van der Waals surface area contributed by atoms with Gasteiger partial charge in [-0.1, -0.05) is 0 Å². The molecule has 2 N–H and O–H groups in total. The molecule has 1 aliphatic rings. The first-order chi connectivity index (χ1) is 13.8. The minimum absolute atomic E-state index is 0.0774. The van der Waals surface area contributed by atoms with Crippen molar-refractivity contribution in [3.8, 4) is 5.69 Å². The van der Waals surface area contributed by atoms with E-state index in [9.17, 15) is 22.8 Å². The van der Waals surface area contributed by atoms with Gasteiger partial charge in [-0.3, -0.25) is 9.59 Å². The van der Waals surface area contributed by atoms with Gasteiger partial charge in [0.25, 0.3) is 5.91 Å². The predicted molar refractivity (Wildman–Crippen MR) is 100 cm³/mol. The van der Waals surface area contributed by atoms with Gasteiger partial charge in [0.1, 0.15) is 12.7 Å². The fourth-order valence-corrected chi connectivity index (χ4v) is 3.55. The van der Waals surface area contributed by atoms with Crippen LogP contribution in [0, 0.1) is 0 Å². The van der Waals surface area contributed by atoms with Crippen LogP contribution in [0.4, 0.5) is 24.5 Å². The maximum Gasteiger partial charge on any atom is 0.416 e. The van der Waals surface area contributed by atoms with Gasteiger partial charge in [-0.05, 0) is 36.4 Å². The molecular formula is C18H12F3N5O2S. The number of nitrogens with zero attached hydrogens (tertiary/aromatic N) is 3. The summed E-state index contributed by atoms with van der Waals surface area (Å²) in [4.78, 5) is 28.8. The quantitative estimate of drug-likeness (QED) is 0.678. The molecular weight excluding hydrogens is 407 g/mol. The summed E-state index contributed by atoms with van der Waals surface area (Å²) in [5.74, 6) is -0.533. The molecule has 0 bridgehead atoms. The molecule has 4 rings (SSSR count). The molecule has 0 atom stereocenters. The van der Waals surface area contributed by atoms with E-state index >= 15 is 0 Å². The molecule has 0 unspecified atom stereocenters. The Hall–Kier alpha value is -3.34. The first kappa shape index (κ1) is 19.0. The van der Waals surface area contributed by atoms with Crippen LogP contribution >= 0.6 is 11.8 Å². The molecule has 0 saturated carbocycles. The third-order valence-electron chi connectivity index (χ3n) is 4.11. The Morgan fingerprint density at radius 1 is 1.21 bits per heavy atom. The molecule has 0 spiro atoms. The second kappa shape index (κ2) is 7.24. The lowest BCUT2D eigenvalue weighted by molar-refractivity contribution is -0.137. The monoisotopic (exact) mass is 419 g/mol. The molecule has 29 heavy (non-hydrogen) atoms. The third kappa shape index (κ3) is 3.94. The van der Waals surface area contributed by atoms with Gasteiger partial charge < -0.3 is 10.6 Å². The zero-order chi connectivity index (χ0) is 20.6. The second-order valence-electron chi connectivity index (χ2n) is 6.07. The number of nitrogens with one attached hydrogen (secondary N) is 2. The normalized spacial score (nSPS) is 13.6. The Morgan fingerprint density at radius 3 is 2.76 bits per heavy atom. The number of fused-ring (bicyclic) bond motifs is 1. The number of benzene rings is 2. The second-order valence-corrected chi connectivity index (χ2v) is 7.09. The molecule has 1 aromatic heterocycles. The minimum Gasteiger partial charge on any atom is -0.324 e. The van der Waals surface area contributed by atoms with Crippen LogP contribution in [0.5, 0.6) is 0 Å². The van der Waals surface area contributed by atoms with E-state index in [1.165, 1.54) is 41.2 Å². The molecule has 11 heteroatoms. The molecule has 7 nitrogen and oxygen atoms in total. The average Bonchev–Trinajstić information content (AvgIpc) is 3.21. The summed E-state index contributed by atoms with van der Waals surface area (Å²) < 4.78 is 40.7. The van der Waals surface area contributed by atoms with E-state index in [2.05, 4.69) is 20.7 Å². The van der Waals surface area contributed by atoms with Crippen molar-refractivity contribution >= 4 is 35.0 Å². The number of amides is 2. The van der Waals surface area contributed by atoms with Crippen LogP contribution in [0.15, 0.2) is 53.9 Å². The van der Waals surface area contributed by atoms with E-state index in [1.807, 2.05) is 0 Å². The lowest BCUT2D eigenvalue weighted by atomic mass is 10.1. The molecule has 2 amide bonds. The Morgan fingerprint density at radius 2 is 2.03 bits per heavy atom. The van der Waals surface area contributed by atoms with E-state index in [4.69, 9.17) is 0 Å². The number of hydrogen-bond acceptors (Lipinski definition) is 5. The number of carbonyl (C=O) groups is 2. The fourth-order valence-electron chi connectivity index (χ4n) is 2.76. The summed E-state index contributed by atoms with van der Waals surface area (Å²) in [6.45, 7) is 0. The van der Waals surface area contributed by atoms with Crippen molar-refractivity contribution in [2.75, 3.05) is 16.4 Å². The topological polar surface area (TPSA) is 88.9 Å². The van der Waals surface area contributed by atoms with Gasteiger partial charge in [-0.25, -0.2) is 9.67 Å². The number of halogens is 3. The Bertz CT molecular complexity index is 1100. The Kier molecular flexibility index (Phi) is 4.74. The highest BCUT2D eigenvalue weighted by Gasteiger charge is 2.31. The number of thioether (sulfide) groups is 1. The van der Waals surface area contributed by atoms with E-state index in [-0.39, 0.29) is 28.6 Å². The maximum absolute atomic E-state index is 13.1. The van der Waals surface area contributed by atoms with E-state index in [0.29, 0.717) is 5.69 Å². The van der Waals surface area contributed by atoms with Crippen LogP contribution in [0.25, 0.3) is 5.69 Å². The van der Waals surface area contributed by atoms with Gasteiger partial charge in [0.2, 0.25) is 5.91 Å². The van der Waals surface area contributed by atoms with Crippen molar-refractivity contribution in [2.45, 2.75) is 11.1 Å². The van der Waals surface area contributed by atoms with Crippen LogP contribution in [0.1, 0.15) is 15.9 Å². The lowest BCUT2D eigenvalue weighted by Gasteiger charge is -2.18. The highest BCUT2D eigenvalue weighted by molar-refractivity contribution is 8.00. The van der Waals surface area contributed by atoms with Gasteiger partial charge in [-0.2, -0.15) is 18.3 Å². The molecule has 3 aromatic rings. The Balaban J connectivity index is 1.68. The number of hydrogen-bond donors (Lipinski definition) is 2. The zero-order valence-corrected chi connectivity index (χ0v) is 15.3. The van der Waals surface area contributed by atoms with Gasteiger partial charge in [0, 0.05) is 10.5 Å². The van der Waals surface area contributed by atoms with E-state index < -0.39 is 17.6 Å². The first-order valence-corrected chi connectivity index (χ1v) is 9.24. The Labute approximate surface area is 166 Å². The summed E-state index contributed by atoms with van der Waals surface area (Å²) >= 11 is 1.34. The molecule has 0 saturated heterocycles. The van der Waals surface area contributed by atoms with Crippen LogP contribution < -0.4 is 10.6 Å². The first-order valence-electron chi connectivity index (χ1n) is 8.25. The van der Waals surface area contributed by atoms with Crippen molar-refractivity contribution in [3.05, 3.63) is 60.2 Å². The standard InChI is InChI=1S/C18H12F3N5O2S/c19-18(20,21)11-2-3-14(26-9-22-8-23-26)12(6-11)25-17(28)10-1-4-15-13(5-10)24-16(27)7-29-15/h1-6,8-9H,7H2,(H,24,27)(H,25,28). The fraction of sp³-hybridized carbons (Fsp3) is 0.111. The van der Waals surface area contributed by atoms with Crippen molar-refractivity contribution in [1.82, 2.24) is 14.8 Å². The number of carbonyl (C=O) groups excluding carboxylic acids is 2. The van der Waals surface area contributed by atoms with E-state index in [0.717, 1.165) is 17.0 Å². The summed E-state index contributed by atoms with van der Waals surface area (Å²) in [5.41, 5.74) is -0.0872. The molecule has 2 heterocycles. The lowest BCUT2D eigenvalue weighted by Crippen LogP contribution is -2.20. The molecule has 2 aromatic carbocycles. The highest BCUT2D eigenvalue weighted by atomic mass is 32.2. The zero-order valence-electron chi connectivity index (χ0n) is 14.5. The third-order valence-corrected chi connectivity index (χ3v) is 5.19. The van der Waals surface area contributed by atoms with Crippen LogP contribution in [-0.2, 0) is 11.0 Å². The average molecular weight is 419 g/mol. The molecule has 0 aliphatic carbocycles. The van der Waals surface area contributed by atoms with Crippen molar-refractivity contribution in [1.29, 1.82) is 0 Å². The van der Waals surface area contributed by atoms with Crippen molar-refractivity contribution < 1.29 is 22.8 Å². The SMILES string of the molecule is O=C1CSc2ccc(C(=O)Nc3cc(C(F)(F)F)ccc3-n3cncn3)cc2N1. The number of alkyl halides is 3. The molecule has 0 radical (unpaired) electrons. The van der Waals surface area contributed by atoms with Gasteiger partial charge in [-0.15, -0.1) is 11.8 Å². The molecule has 1 aliphatic heterocycles. The van der Waals surface area contributed by atoms with Gasteiger partial charge in [0.15, 0.2) is 0 Å². The minimum atomic E-state index is -4.58. The van der Waals surface area contributed by atoms with Crippen LogP contribution in [-0.4, -0.2) is 32.3 Å². The maximum atomic E-state index is 13.1. The van der Waals surface area contributed by atoms with Crippen LogP contribution in [0.3, 0.4) is 0 Å². The van der Waals surface area contributed by atoms with Crippen molar-refractivity contribution in [3.63, 3.8) is 0 Å². The van der Waals surface area contributed by atoms with Gasteiger partial charge in [0.05, 0.1) is 28.4 Å². The summed E-state index contributed by atoms with van der Waals surface area (Å²) in [5, 5.41) is 9.08.